The lowest BCUT2D eigenvalue weighted by Gasteiger charge is -2.26. The van der Waals surface area contributed by atoms with Crippen LogP contribution >= 0.6 is 11.8 Å². The number of aliphatic carboxylic acids is 2. The molecular weight excluding hydrogens is 286 g/mol. The van der Waals surface area contributed by atoms with Gasteiger partial charge in [-0.05, 0) is 0 Å². The molecule has 1 aliphatic heterocycles. The fourth-order valence-corrected chi connectivity index (χ4v) is 2.72. The summed E-state index contributed by atoms with van der Waals surface area (Å²) in [6.45, 7) is 3.05. The van der Waals surface area contributed by atoms with E-state index in [0.717, 1.165) is 24.6 Å². The number of thioether (sulfide) groups is 1. The number of carboxylic acids is 2. The first-order valence-electron chi connectivity index (χ1n) is 6.28. The van der Waals surface area contributed by atoms with Gasteiger partial charge in [0.2, 0.25) is 0 Å². The molecule has 0 saturated carbocycles. The van der Waals surface area contributed by atoms with E-state index in [9.17, 15) is 14.4 Å². The summed E-state index contributed by atoms with van der Waals surface area (Å²) in [5.41, 5.74) is 0. The Kier molecular flexibility index (Phi) is 7.16. The van der Waals surface area contributed by atoms with E-state index in [4.69, 9.17) is 10.2 Å². The van der Waals surface area contributed by atoms with Gasteiger partial charge in [-0.15, -0.1) is 0 Å². The molecule has 9 heteroatoms. The number of urea groups is 1. The highest BCUT2D eigenvalue weighted by atomic mass is 32.2. The van der Waals surface area contributed by atoms with Crippen LogP contribution in [0, 0.1) is 0 Å². The Bertz CT molecular complexity index is 360. The number of carboxylic acid groups (broad SMARTS) is 2. The van der Waals surface area contributed by atoms with Crippen LogP contribution in [0.25, 0.3) is 0 Å². The minimum Gasteiger partial charge on any atom is -0.481 e. The Hall–Kier alpha value is -1.48. The molecular formula is C11H19N3O5S. The maximum absolute atomic E-state index is 11.5. The van der Waals surface area contributed by atoms with E-state index in [1.165, 1.54) is 0 Å². The number of nitrogens with zero attached hydrogens (tertiary/aromatic N) is 1. The molecule has 0 aromatic carbocycles. The number of nitrogens with one attached hydrogen (secondary N) is 2. The molecule has 0 radical (unpaired) electrons. The summed E-state index contributed by atoms with van der Waals surface area (Å²) < 4.78 is 0. The van der Waals surface area contributed by atoms with E-state index in [1.54, 1.807) is 0 Å². The van der Waals surface area contributed by atoms with Gasteiger partial charge in [-0.25, -0.2) is 9.59 Å². The van der Waals surface area contributed by atoms with Crippen molar-refractivity contribution in [2.75, 3.05) is 37.7 Å². The third-order valence-electron chi connectivity index (χ3n) is 2.80. The zero-order valence-corrected chi connectivity index (χ0v) is 11.8. The van der Waals surface area contributed by atoms with E-state index in [-0.39, 0.29) is 0 Å². The maximum Gasteiger partial charge on any atom is 0.326 e. The number of amides is 2. The van der Waals surface area contributed by atoms with Crippen molar-refractivity contribution in [3.8, 4) is 0 Å². The summed E-state index contributed by atoms with van der Waals surface area (Å²) in [5, 5.41) is 22.0. The van der Waals surface area contributed by atoms with Crippen LogP contribution in [0.5, 0.6) is 0 Å². The summed E-state index contributed by atoms with van der Waals surface area (Å²) in [5.74, 6) is -0.489. The molecule has 1 rings (SSSR count). The minimum absolute atomic E-state index is 0.399. The van der Waals surface area contributed by atoms with Crippen molar-refractivity contribution < 1.29 is 24.6 Å². The Balaban J connectivity index is 2.23. The van der Waals surface area contributed by atoms with Crippen LogP contribution in [0.3, 0.4) is 0 Å². The molecule has 20 heavy (non-hydrogen) atoms. The molecule has 8 nitrogen and oxygen atoms in total. The van der Waals surface area contributed by atoms with Crippen LogP contribution in [0.2, 0.25) is 0 Å². The van der Waals surface area contributed by atoms with Crippen molar-refractivity contribution in [2.24, 2.45) is 0 Å². The highest BCUT2D eigenvalue weighted by molar-refractivity contribution is 7.99. The van der Waals surface area contributed by atoms with Gasteiger partial charge in [0.1, 0.15) is 6.04 Å². The molecule has 4 N–H and O–H groups in total. The smallest absolute Gasteiger partial charge is 0.326 e. The number of hydrogen-bond donors (Lipinski definition) is 4. The Morgan fingerprint density at radius 3 is 2.40 bits per heavy atom. The molecule has 114 valence electrons. The number of hydrogen-bond acceptors (Lipinski definition) is 5. The molecule has 0 spiro atoms. The second-order valence-corrected chi connectivity index (χ2v) is 5.57. The zero-order valence-electron chi connectivity index (χ0n) is 11.0. The first-order chi connectivity index (χ1) is 9.49. The summed E-state index contributed by atoms with van der Waals surface area (Å²) in [6, 6.07) is -2.08. The molecule has 0 bridgehead atoms. The first kappa shape index (κ1) is 16.6. The van der Waals surface area contributed by atoms with Crippen molar-refractivity contribution in [1.82, 2.24) is 15.5 Å². The first-order valence-corrected chi connectivity index (χ1v) is 7.43. The Morgan fingerprint density at radius 2 is 1.85 bits per heavy atom. The van der Waals surface area contributed by atoms with Crippen LogP contribution in [-0.4, -0.2) is 76.8 Å². The molecule has 1 fully saturated rings. The topological polar surface area (TPSA) is 119 Å². The highest BCUT2D eigenvalue weighted by Crippen LogP contribution is 2.07. The van der Waals surface area contributed by atoms with Gasteiger partial charge in [-0.3, -0.25) is 9.69 Å². The van der Waals surface area contributed by atoms with E-state index < -0.39 is 30.4 Å². The molecule has 2 amide bonds. The van der Waals surface area contributed by atoms with Gasteiger partial charge in [0.05, 0.1) is 6.42 Å². The summed E-state index contributed by atoms with van der Waals surface area (Å²) in [7, 11) is 0. The average molecular weight is 305 g/mol. The second kappa shape index (κ2) is 8.64. The highest BCUT2D eigenvalue weighted by Gasteiger charge is 2.22. The Labute approximate surface area is 120 Å². The standard InChI is InChI=1S/C11H19N3O5S/c15-9(16)7-8(10(17)18)13-11(19)12-1-2-14-3-5-20-6-4-14/h8H,1-7H2,(H,15,16)(H,17,18)(H2,12,13,19)/t8-/m0/s1. The fourth-order valence-electron chi connectivity index (χ4n) is 1.74. The summed E-state index contributed by atoms with van der Waals surface area (Å²) in [6.07, 6.45) is -0.647. The normalized spacial score (nSPS) is 17.2. The average Bonchev–Trinajstić information content (AvgIpc) is 2.38. The van der Waals surface area contributed by atoms with Gasteiger partial charge < -0.3 is 20.8 Å². The minimum atomic E-state index is -1.42. The summed E-state index contributed by atoms with van der Waals surface area (Å²) >= 11 is 1.89. The molecule has 1 heterocycles. The van der Waals surface area contributed by atoms with Gasteiger partial charge >= 0.3 is 18.0 Å². The molecule has 1 saturated heterocycles. The second-order valence-electron chi connectivity index (χ2n) is 4.34. The lowest BCUT2D eigenvalue weighted by Crippen LogP contribution is -2.48. The molecule has 0 aromatic rings. The van der Waals surface area contributed by atoms with Crippen LogP contribution in [0.15, 0.2) is 0 Å². The predicted octanol–water partition coefficient (Wildman–Crippen LogP) is -0.738. The molecule has 0 aromatic heterocycles. The maximum atomic E-state index is 11.5. The van der Waals surface area contributed by atoms with Gasteiger partial charge in [-0.1, -0.05) is 0 Å². The molecule has 1 atom stereocenters. The Morgan fingerprint density at radius 1 is 1.20 bits per heavy atom. The lowest BCUT2D eigenvalue weighted by atomic mass is 10.2. The van der Waals surface area contributed by atoms with Crippen molar-refractivity contribution in [1.29, 1.82) is 0 Å². The van der Waals surface area contributed by atoms with Gasteiger partial charge in [0.15, 0.2) is 0 Å². The van der Waals surface area contributed by atoms with Crippen LogP contribution < -0.4 is 10.6 Å². The monoisotopic (exact) mass is 305 g/mol. The molecule has 0 unspecified atom stereocenters. The fraction of sp³-hybridized carbons (Fsp3) is 0.727. The third kappa shape index (κ3) is 6.62. The van der Waals surface area contributed by atoms with Crippen LogP contribution in [0.4, 0.5) is 4.79 Å². The van der Waals surface area contributed by atoms with E-state index in [0.29, 0.717) is 13.1 Å². The van der Waals surface area contributed by atoms with Gasteiger partial charge in [0.25, 0.3) is 0 Å². The van der Waals surface area contributed by atoms with E-state index in [2.05, 4.69) is 15.5 Å². The molecule has 1 aliphatic rings. The zero-order chi connectivity index (χ0) is 15.0. The van der Waals surface area contributed by atoms with Gasteiger partial charge in [0, 0.05) is 37.7 Å². The summed E-state index contributed by atoms with van der Waals surface area (Å²) in [4.78, 5) is 34.9. The largest absolute Gasteiger partial charge is 0.481 e. The molecule has 0 aliphatic carbocycles. The van der Waals surface area contributed by atoms with Gasteiger partial charge in [-0.2, -0.15) is 11.8 Å². The van der Waals surface area contributed by atoms with Crippen molar-refractivity contribution >= 4 is 29.7 Å². The number of rotatable bonds is 7. The number of carbonyl (C=O) groups excluding carboxylic acids is 1. The van der Waals surface area contributed by atoms with Crippen molar-refractivity contribution in [2.45, 2.75) is 12.5 Å². The van der Waals surface area contributed by atoms with Crippen LogP contribution in [0.1, 0.15) is 6.42 Å². The van der Waals surface area contributed by atoms with E-state index in [1.807, 2.05) is 11.8 Å². The van der Waals surface area contributed by atoms with Crippen molar-refractivity contribution in [3.63, 3.8) is 0 Å². The lowest BCUT2D eigenvalue weighted by molar-refractivity contribution is -0.145. The predicted molar refractivity (Wildman–Crippen MR) is 74.0 cm³/mol. The number of carbonyl (C=O) groups is 3. The quantitative estimate of drug-likeness (QED) is 0.489. The SMILES string of the molecule is O=C(O)C[C@H](NC(=O)NCCN1CCSCC1)C(=O)O. The van der Waals surface area contributed by atoms with Crippen LogP contribution in [-0.2, 0) is 9.59 Å². The van der Waals surface area contributed by atoms with Crippen molar-refractivity contribution in [3.05, 3.63) is 0 Å². The third-order valence-corrected chi connectivity index (χ3v) is 3.74. The van der Waals surface area contributed by atoms with E-state index >= 15 is 0 Å².